The van der Waals surface area contributed by atoms with Crippen molar-refractivity contribution in [2.75, 3.05) is 13.1 Å². The number of piperidine rings is 1. The molecule has 0 saturated carbocycles. The topological polar surface area (TPSA) is 74.3 Å². The number of benzene rings is 1. The molecule has 178 valence electrons. The number of amides is 1. The molecule has 1 amide bonds. The molecule has 0 spiro atoms. The van der Waals surface area contributed by atoms with Crippen LogP contribution in [-0.2, 0) is 12.4 Å². The molecule has 2 aromatic heterocycles. The third kappa shape index (κ3) is 4.27. The molecule has 6 nitrogen and oxygen atoms in total. The summed E-state index contributed by atoms with van der Waals surface area (Å²) in [5.41, 5.74) is -3.47. The molecule has 3 aromatic rings. The number of likely N-dealkylation sites (tertiary alicyclic amines) is 1. The number of hydrogen-bond acceptors (Lipinski definition) is 4. The monoisotopic (exact) mass is 485 g/mol. The minimum absolute atomic E-state index is 0.0918. The van der Waals surface area contributed by atoms with Crippen molar-refractivity contribution in [3.05, 3.63) is 64.4 Å². The molecule has 1 saturated heterocycles. The predicted octanol–water partition coefficient (Wildman–Crippen LogP) is 4.80. The van der Waals surface area contributed by atoms with Crippen LogP contribution >= 0.6 is 0 Å². The van der Waals surface area contributed by atoms with Gasteiger partial charge < -0.3 is 4.90 Å². The van der Waals surface area contributed by atoms with E-state index in [4.69, 9.17) is 5.26 Å². The zero-order valence-corrected chi connectivity index (χ0v) is 17.1. The lowest BCUT2D eigenvalue weighted by Gasteiger charge is -2.33. The Kier molecular flexibility index (Phi) is 5.71. The number of rotatable bonds is 2. The van der Waals surface area contributed by atoms with E-state index in [-0.39, 0.29) is 43.4 Å². The number of hydrogen-bond donors (Lipinski definition) is 0. The van der Waals surface area contributed by atoms with Crippen LogP contribution in [-0.4, -0.2) is 38.5 Å². The fourth-order valence-corrected chi connectivity index (χ4v) is 4.05. The first-order valence-corrected chi connectivity index (χ1v) is 9.92. The van der Waals surface area contributed by atoms with E-state index in [1.54, 1.807) is 0 Å². The van der Waals surface area contributed by atoms with E-state index < -0.39 is 46.7 Å². The molecule has 1 aliphatic heterocycles. The molecule has 1 aliphatic rings. The largest absolute Gasteiger partial charge is 0.419 e. The summed E-state index contributed by atoms with van der Waals surface area (Å²) in [5.74, 6) is -3.75. The number of halogens is 7. The number of nitrogens with zero attached hydrogens (tertiary/aromatic N) is 5. The fourth-order valence-electron chi connectivity index (χ4n) is 4.05. The van der Waals surface area contributed by atoms with E-state index in [1.165, 1.54) is 27.6 Å². The van der Waals surface area contributed by atoms with Crippen molar-refractivity contribution in [1.29, 1.82) is 5.26 Å². The van der Waals surface area contributed by atoms with Gasteiger partial charge in [-0.2, -0.15) is 31.6 Å². The number of nitriles is 1. The number of carbonyl (C=O) groups is 1. The van der Waals surface area contributed by atoms with E-state index in [9.17, 15) is 35.5 Å². The zero-order valence-electron chi connectivity index (χ0n) is 17.1. The molecule has 1 aromatic carbocycles. The maximum Gasteiger partial charge on any atom is 0.419 e. The van der Waals surface area contributed by atoms with Gasteiger partial charge in [-0.3, -0.25) is 9.20 Å². The highest BCUT2D eigenvalue weighted by molar-refractivity contribution is 5.91. The summed E-state index contributed by atoms with van der Waals surface area (Å²) in [6, 6.07) is 5.06. The number of carbonyl (C=O) groups excluding carboxylic acids is 1. The lowest BCUT2D eigenvalue weighted by atomic mass is 9.85. The van der Waals surface area contributed by atoms with Gasteiger partial charge in [0, 0.05) is 19.3 Å². The van der Waals surface area contributed by atoms with Crippen molar-refractivity contribution in [1.82, 2.24) is 19.5 Å². The molecular weight excluding hydrogens is 471 g/mol. The minimum Gasteiger partial charge on any atom is -0.336 e. The fraction of sp³-hybridized carbons (Fsp3) is 0.333. The highest BCUT2D eigenvalue weighted by Gasteiger charge is 2.42. The molecule has 0 radical (unpaired) electrons. The van der Waals surface area contributed by atoms with E-state index >= 15 is 0 Å². The normalized spacial score (nSPS) is 15.5. The van der Waals surface area contributed by atoms with Gasteiger partial charge in [-0.15, -0.1) is 10.2 Å². The quantitative estimate of drug-likeness (QED) is 0.489. The zero-order chi connectivity index (χ0) is 24.8. The predicted molar refractivity (Wildman–Crippen MR) is 102 cm³/mol. The van der Waals surface area contributed by atoms with Crippen LogP contribution in [0.25, 0.3) is 5.65 Å². The summed E-state index contributed by atoms with van der Waals surface area (Å²) in [4.78, 5) is 14.2. The molecular formula is C21H14F7N5O. The second kappa shape index (κ2) is 8.27. The molecule has 3 heterocycles. The van der Waals surface area contributed by atoms with Crippen molar-refractivity contribution in [2.24, 2.45) is 0 Å². The van der Waals surface area contributed by atoms with Crippen LogP contribution in [0.5, 0.6) is 0 Å². The Hall–Kier alpha value is -3.69. The lowest BCUT2D eigenvalue weighted by molar-refractivity contribution is -0.144. The highest BCUT2D eigenvalue weighted by Crippen LogP contribution is 2.43. The number of pyridine rings is 1. The second-order valence-corrected chi connectivity index (χ2v) is 7.77. The average molecular weight is 485 g/mol. The van der Waals surface area contributed by atoms with Gasteiger partial charge in [0.2, 0.25) is 5.82 Å². The minimum atomic E-state index is -5.19. The first-order valence-electron chi connectivity index (χ1n) is 9.92. The van der Waals surface area contributed by atoms with Gasteiger partial charge in [0.1, 0.15) is 11.9 Å². The summed E-state index contributed by atoms with van der Waals surface area (Å²) < 4.78 is 95.2. The van der Waals surface area contributed by atoms with Crippen LogP contribution in [0.4, 0.5) is 30.7 Å². The summed E-state index contributed by atoms with van der Waals surface area (Å²) >= 11 is 0. The Morgan fingerprint density at radius 3 is 2.29 bits per heavy atom. The Labute approximate surface area is 187 Å². The molecule has 0 N–H and O–H groups in total. The van der Waals surface area contributed by atoms with Crippen molar-refractivity contribution in [3.8, 4) is 6.07 Å². The first-order chi connectivity index (χ1) is 15.9. The maximum atomic E-state index is 14.2. The van der Waals surface area contributed by atoms with Crippen LogP contribution in [0.15, 0.2) is 30.5 Å². The maximum absolute atomic E-state index is 14.2. The van der Waals surface area contributed by atoms with Crippen LogP contribution in [0.1, 0.15) is 51.6 Å². The molecule has 0 atom stereocenters. The summed E-state index contributed by atoms with van der Waals surface area (Å²) in [7, 11) is 0. The van der Waals surface area contributed by atoms with E-state index in [0.29, 0.717) is 11.7 Å². The Balaban J connectivity index is 1.60. The number of alkyl halides is 6. The van der Waals surface area contributed by atoms with Crippen LogP contribution < -0.4 is 0 Å². The molecule has 0 aliphatic carbocycles. The van der Waals surface area contributed by atoms with Crippen molar-refractivity contribution < 1.29 is 35.5 Å². The second-order valence-electron chi connectivity index (χ2n) is 7.77. The summed E-state index contributed by atoms with van der Waals surface area (Å²) in [6.45, 7) is -0.184. The molecule has 13 heteroatoms. The van der Waals surface area contributed by atoms with Gasteiger partial charge in [-0.05, 0) is 48.6 Å². The third-order valence-electron chi connectivity index (χ3n) is 5.68. The third-order valence-corrected chi connectivity index (χ3v) is 5.68. The standard InChI is InChI=1S/C21H14F7N5O/c22-15-8-13(20(23,24)25)7-14(17(15)21(26,27)28)12-3-5-32(6-4-12)19(34)18-31-30-16-2-1-11(9-29)10-33(16)18/h1-2,7-8,10,12H,3-6H2. The Morgan fingerprint density at radius 1 is 1.03 bits per heavy atom. The van der Waals surface area contributed by atoms with Gasteiger partial charge in [0.05, 0.1) is 16.7 Å². The van der Waals surface area contributed by atoms with Gasteiger partial charge in [-0.25, -0.2) is 4.39 Å². The first kappa shape index (κ1) is 23.5. The molecule has 1 fully saturated rings. The van der Waals surface area contributed by atoms with Gasteiger partial charge in [0.15, 0.2) is 5.65 Å². The van der Waals surface area contributed by atoms with E-state index in [1.807, 2.05) is 6.07 Å². The smallest absolute Gasteiger partial charge is 0.336 e. The van der Waals surface area contributed by atoms with Crippen molar-refractivity contribution >= 4 is 11.6 Å². The summed E-state index contributed by atoms with van der Waals surface area (Å²) in [6.07, 6.45) is -9.08. The summed E-state index contributed by atoms with van der Waals surface area (Å²) in [5, 5.41) is 16.7. The Morgan fingerprint density at radius 2 is 1.71 bits per heavy atom. The lowest BCUT2D eigenvalue weighted by Crippen LogP contribution is -2.39. The van der Waals surface area contributed by atoms with Crippen molar-refractivity contribution in [2.45, 2.75) is 31.1 Å². The number of aromatic nitrogens is 3. The molecule has 4 rings (SSSR count). The van der Waals surface area contributed by atoms with Gasteiger partial charge in [-0.1, -0.05) is 0 Å². The van der Waals surface area contributed by atoms with Crippen LogP contribution in [0, 0.1) is 17.1 Å². The van der Waals surface area contributed by atoms with E-state index in [0.717, 1.165) is 0 Å². The highest BCUT2D eigenvalue weighted by atomic mass is 19.4. The van der Waals surface area contributed by atoms with Gasteiger partial charge in [0.25, 0.3) is 5.91 Å². The molecule has 0 unspecified atom stereocenters. The van der Waals surface area contributed by atoms with Crippen LogP contribution in [0.2, 0.25) is 0 Å². The molecule has 0 bridgehead atoms. The number of fused-ring (bicyclic) bond motifs is 1. The Bertz CT molecular complexity index is 1300. The SMILES string of the molecule is N#Cc1ccc2nnc(C(=O)N3CCC(c4cc(C(F)(F)F)cc(F)c4C(F)(F)F)CC3)n2c1. The van der Waals surface area contributed by atoms with Gasteiger partial charge >= 0.3 is 12.4 Å². The van der Waals surface area contributed by atoms with Crippen LogP contribution in [0.3, 0.4) is 0 Å². The van der Waals surface area contributed by atoms with Crippen molar-refractivity contribution in [3.63, 3.8) is 0 Å². The molecule has 34 heavy (non-hydrogen) atoms. The van der Waals surface area contributed by atoms with E-state index in [2.05, 4.69) is 10.2 Å². The average Bonchev–Trinajstić information content (AvgIpc) is 3.19.